The van der Waals surface area contributed by atoms with Crippen LogP contribution in [0.1, 0.15) is 46.5 Å². The van der Waals surface area contributed by atoms with E-state index in [1.807, 2.05) is 6.92 Å². The van der Waals surface area contributed by atoms with Gasteiger partial charge in [-0.3, -0.25) is 0 Å². The summed E-state index contributed by atoms with van der Waals surface area (Å²) in [6, 6.07) is 0. The third-order valence-corrected chi connectivity index (χ3v) is 3.30. The second-order valence-electron chi connectivity index (χ2n) is 4.73. The first-order valence-electron chi connectivity index (χ1n) is 5.52. The van der Waals surface area contributed by atoms with Crippen LogP contribution in [0.5, 0.6) is 0 Å². The Morgan fingerprint density at radius 1 is 1.21 bits per heavy atom. The molecule has 1 saturated carbocycles. The Labute approximate surface area is 87.8 Å². The van der Waals surface area contributed by atoms with Gasteiger partial charge in [0.2, 0.25) is 0 Å². The van der Waals surface area contributed by atoms with Gasteiger partial charge in [-0.2, -0.15) is 0 Å². The van der Waals surface area contributed by atoms with Crippen LogP contribution in [0.25, 0.3) is 0 Å². The molecule has 0 saturated heterocycles. The lowest BCUT2D eigenvalue weighted by atomic mass is 9.88. The smallest absolute Gasteiger partial charge is 0.115 e. The van der Waals surface area contributed by atoms with Crippen molar-refractivity contribution in [3.8, 4) is 0 Å². The summed E-state index contributed by atoms with van der Waals surface area (Å²) in [5.74, 6) is 1.32. The summed E-state index contributed by atoms with van der Waals surface area (Å²) in [6.45, 7) is 14.2. The molecule has 0 unspecified atom stereocenters. The molecule has 0 aliphatic heterocycles. The molecule has 1 fully saturated rings. The fraction of sp³-hybridized carbons (Fsp3) is 0.692. The fourth-order valence-electron chi connectivity index (χ4n) is 2.10. The molecule has 0 bridgehead atoms. The van der Waals surface area contributed by atoms with Crippen molar-refractivity contribution in [1.82, 2.24) is 0 Å². The number of hydrogen-bond donors (Lipinski definition) is 0. The first kappa shape index (κ1) is 11.4. The van der Waals surface area contributed by atoms with Gasteiger partial charge < -0.3 is 4.74 Å². The van der Waals surface area contributed by atoms with E-state index in [4.69, 9.17) is 4.74 Å². The van der Waals surface area contributed by atoms with Gasteiger partial charge in [0.25, 0.3) is 0 Å². The van der Waals surface area contributed by atoms with Crippen LogP contribution in [0, 0.1) is 5.92 Å². The van der Waals surface area contributed by atoms with E-state index < -0.39 is 0 Å². The molecule has 0 atom stereocenters. The summed E-state index contributed by atoms with van der Waals surface area (Å²) >= 11 is 0. The molecular formula is C13H22O. The van der Waals surface area contributed by atoms with Crippen LogP contribution in [0.15, 0.2) is 24.5 Å². The molecule has 0 spiro atoms. The third-order valence-electron chi connectivity index (χ3n) is 3.30. The van der Waals surface area contributed by atoms with Crippen molar-refractivity contribution in [1.29, 1.82) is 0 Å². The average Bonchev–Trinajstić information content (AvgIpc) is 2.53. The predicted octanol–water partition coefficient (Wildman–Crippen LogP) is 4.06. The minimum atomic E-state index is 0.0377. The van der Waals surface area contributed by atoms with E-state index in [0.717, 1.165) is 24.2 Å². The highest BCUT2D eigenvalue weighted by molar-refractivity contribution is 5.17. The zero-order valence-corrected chi connectivity index (χ0v) is 9.73. The van der Waals surface area contributed by atoms with E-state index in [2.05, 4.69) is 27.0 Å². The summed E-state index contributed by atoms with van der Waals surface area (Å²) in [7, 11) is 0. The number of rotatable bonds is 4. The minimum Gasteiger partial charge on any atom is -0.487 e. The average molecular weight is 194 g/mol. The van der Waals surface area contributed by atoms with Crippen LogP contribution in [0.2, 0.25) is 0 Å². The van der Waals surface area contributed by atoms with E-state index in [-0.39, 0.29) is 5.60 Å². The summed E-state index contributed by atoms with van der Waals surface area (Å²) in [5.41, 5.74) is 0.979. The Balaban J connectivity index is 2.70. The van der Waals surface area contributed by atoms with Crippen molar-refractivity contribution >= 4 is 0 Å². The van der Waals surface area contributed by atoms with Crippen molar-refractivity contribution in [3.05, 3.63) is 24.5 Å². The third kappa shape index (κ3) is 2.20. The largest absolute Gasteiger partial charge is 0.487 e. The van der Waals surface area contributed by atoms with Gasteiger partial charge in [-0.25, -0.2) is 0 Å². The number of allylic oxidation sites excluding steroid dienone is 1. The molecule has 1 rings (SSSR count). The first-order valence-corrected chi connectivity index (χ1v) is 5.52. The highest BCUT2D eigenvalue weighted by atomic mass is 16.5. The highest BCUT2D eigenvalue weighted by Gasteiger charge is 2.39. The lowest BCUT2D eigenvalue weighted by Crippen LogP contribution is -2.34. The van der Waals surface area contributed by atoms with Gasteiger partial charge in [-0.15, -0.1) is 0 Å². The summed E-state index contributed by atoms with van der Waals surface area (Å²) in [5, 5.41) is 0. The molecule has 1 aliphatic carbocycles. The Morgan fingerprint density at radius 3 is 2.07 bits per heavy atom. The van der Waals surface area contributed by atoms with Gasteiger partial charge in [0.05, 0.1) is 0 Å². The van der Waals surface area contributed by atoms with Crippen molar-refractivity contribution < 1.29 is 4.74 Å². The molecule has 1 nitrogen and oxygen atoms in total. The molecule has 0 aromatic carbocycles. The first-order chi connectivity index (χ1) is 6.48. The van der Waals surface area contributed by atoms with Crippen molar-refractivity contribution in [3.63, 3.8) is 0 Å². The second-order valence-corrected chi connectivity index (χ2v) is 4.73. The zero-order chi connectivity index (χ0) is 10.8. The van der Waals surface area contributed by atoms with Gasteiger partial charge in [0, 0.05) is 0 Å². The lowest BCUT2D eigenvalue weighted by molar-refractivity contribution is -0.0268. The Kier molecular flexibility index (Phi) is 3.41. The van der Waals surface area contributed by atoms with Crippen LogP contribution in [-0.2, 0) is 4.74 Å². The highest BCUT2D eigenvalue weighted by Crippen LogP contribution is 2.41. The van der Waals surface area contributed by atoms with Gasteiger partial charge in [-0.1, -0.05) is 27.0 Å². The van der Waals surface area contributed by atoms with Gasteiger partial charge in [0.15, 0.2) is 0 Å². The van der Waals surface area contributed by atoms with E-state index >= 15 is 0 Å². The predicted molar refractivity (Wildman–Crippen MR) is 61.1 cm³/mol. The van der Waals surface area contributed by atoms with Crippen LogP contribution in [0.3, 0.4) is 0 Å². The Morgan fingerprint density at radius 2 is 1.71 bits per heavy atom. The zero-order valence-electron chi connectivity index (χ0n) is 9.73. The topological polar surface area (TPSA) is 9.23 Å². The number of hydrogen-bond acceptors (Lipinski definition) is 1. The van der Waals surface area contributed by atoms with Crippen molar-refractivity contribution in [2.75, 3.05) is 0 Å². The van der Waals surface area contributed by atoms with Crippen LogP contribution in [0.4, 0.5) is 0 Å². The molecule has 1 heteroatoms. The maximum atomic E-state index is 6.03. The second kappa shape index (κ2) is 4.20. The minimum absolute atomic E-state index is 0.0377. The Bertz CT molecular complexity index is 232. The Hall–Kier alpha value is -0.720. The van der Waals surface area contributed by atoms with Crippen LogP contribution < -0.4 is 0 Å². The summed E-state index contributed by atoms with van der Waals surface area (Å²) in [6.07, 6.45) is 4.89. The maximum Gasteiger partial charge on any atom is 0.115 e. The van der Waals surface area contributed by atoms with Crippen LogP contribution >= 0.6 is 0 Å². The van der Waals surface area contributed by atoms with E-state index in [1.165, 1.54) is 12.8 Å². The van der Waals surface area contributed by atoms with E-state index in [9.17, 15) is 0 Å². The number of ether oxygens (including phenoxy) is 1. The standard InChI is InChI=1S/C13H22O/c1-10(2)12(5)14-13(11(3)4)8-6-7-9-13/h11H,1,5-9H2,2-4H3. The molecule has 0 aromatic heterocycles. The summed E-state index contributed by atoms with van der Waals surface area (Å²) < 4.78 is 6.03. The molecule has 0 aromatic rings. The van der Waals surface area contributed by atoms with E-state index in [1.54, 1.807) is 0 Å². The van der Waals surface area contributed by atoms with Gasteiger partial charge in [-0.05, 0) is 44.1 Å². The SMILES string of the molecule is C=C(C)C(=C)OC1(C(C)C)CCCC1. The molecule has 0 N–H and O–H groups in total. The molecule has 0 amide bonds. The molecule has 0 radical (unpaired) electrons. The van der Waals surface area contributed by atoms with Gasteiger partial charge in [0.1, 0.15) is 11.4 Å². The molecule has 0 heterocycles. The fourth-order valence-corrected chi connectivity index (χ4v) is 2.10. The van der Waals surface area contributed by atoms with Crippen LogP contribution in [-0.4, -0.2) is 5.60 Å². The lowest BCUT2D eigenvalue weighted by Gasteiger charge is -2.35. The molecule has 80 valence electrons. The van der Waals surface area contributed by atoms with Gasteiger partial charge >= 0.3 is 0 Å². The van der Waals surface area contributed by atoms with Crippen molar-refractivity contribution in [2.24, 2.45) is 5.92 Å². The monoisotopic (exact) mass is 194 g/mol. The molecular weight excluding hydrogens is 172 g/mol. The molecule has 14 heavy (non-hydrogen) atoms. The molecule has 1 aliphatic rings. The summed E-state index contributed by atoms with van der Waals surface area (Å²) in [4.78, 5) is 0. The van der Waals surface area contributed by atoms with E-state index in [0.29, 0.717) is 5.92 Å². The quantitative estimate of drug-likeness (QED) is 0.484. The normalized spacial score (nSPS) is 19.7. The maximum absolute atomic E-state index is 6.03. The van der Waals surface area contributed by atoms with Crippen molar-refractivity contribution in [2.45, 2.75) is 52.1 Å².